The SMILES string of the molecule is C[C@@H](CONC(=O)CC1=CCN(c2ncc(C3CC3)cn2)CC1)Nc1cn[nH]c(=O)c1C(F)(F)F. The number of nitrogens with zero attached hydrogens (tertiary/aromatic N) is 4. The number of hydrogen-bond donors (Lipinski definition) is 3. The van der Waals surface area contributed by atoms with Gasteiger partial charge in [-0.25, -0.2) is 20.5 Å². The highest BCUT2D eigenvalue weighted by Crippen LogP contribution is 2.39. The zero-order valence-electron chi connectivity index (χ0n) is 19.1. The topological polar surface area (TPSA) is 125 Å². The van der Waals surface area contributed by atoms with Crippen molar-refractivity contribution in [3.8, 4) is 0 Å². The van der Waals surface area contributed by atoms with Gasteiger partial charge in [-0.1, -0.05) is 11.6 Å². The van der Waals surface area contributed by atoms with Gasteiger partial charge < -0.3 is 10.2 Å². The fourth-order valence-corrected chi connectivity index (χ4v) is 3.76. The molecule has 188 valence electrons. The first kappa shape index (κ1) is 24.6. The van der Waals surface area contributed by atoms with E-state index in [0.29, 0.717) is 31.4 Å². The Bertz CT molecular complexity index is 1130. The summed E-state index contributed by atoms with van der Waals surface area (Å²) in [6.45, 7) is 2.70. The molecule has 3 N–H and O–H groups in total. The largest absolute Gasteiger partial charge is 0.423 e. The molecule has 2 aromatic rings. The van der Waals surface area contributed by atoms with E-state index in [4.69, 9.17) is 4.84 Å². The lowest BCUT2D eigenvalue weighted by Crippen LogP contribution is -2.34. The second-order valence-corrected chi connectivity index (χ2v) is 8.69. The van der Waals surface area contributed by atoms with Gasteiger partial charge in [0.25, 0.3) is 5.56 Å². The predicted molar refractivity (Wildman–Crippen MR) is 121 cm³/mol. The van der Waals surface area contributed by atoms with E-state index in [0.717, 1.165) is 11.8 Å². The van der Waals surface area contributed by atoms with Gasteiger partial charge in [0, 0.05) is 37.9 Å². The van der Waals surface area contributed by atoms with E-state index in [9.17, 15) is 22.8 Å². The van der Waals surface area contributed by atoms with Crippen molar-refractivity contribution in [3.63, 3.8) is 0 Å². The number of amides is 1. The Kier molecular flexibility index (Phi) is 7.34. The van der Waals surface area contributed by atoms with E-state index in [1.807, 2.05) is 23.4 Å². The molecule has 1 aliphatic carbocycles. The van der Waals surface area contributed by atoms with Gasteiger partial charge in [0.2, 0.25) is 11.9 Å². The zero-order chi connectivity index (χ0) is 25.0. The van der Waals surface area contributed by atoms with Crippen molar-refractivity contribution in [3.05, 3.63) is 51.7 Å². The van der Waals surface area contributed by atoms with Crippen LogP contribution in [-0.4, -0.2) is 51.8 Å². The summed E-state index contributed by atoms with van der Waals surface area (Å²) in [6, 6.07) is -0.645. The molecule has 0 radical (unpaired) electrons. The minimum absolute atomic E-state index is 0.128. The molecule has 4 rings (SSSR count). The number of hydroxylamine groups is 1. The van der Waals surface area contributed by atoms with Crippen LogP contribution in [0.4, 0.5) is 24.8 Å². The molecule has 2 aliphatic rings. The Balaban J connectivity index is 1.20. The van der Waals surface area contributed by atoms with Gasteiger partial charge in [0.15, 0.2) is 0 Å². The summed E-state index contributed by atoms with van der Waals surface area (Å²) in [4.78, 5) is 39.8. The maximum atomic E-state index is 13.1. The summed E-state index contributed by atoms with van der Waals surface area (Å²) in [6.07, 6.45) is 4.99. The van der Waals surface area contributed by atoms with Gasteiger partial charge in [-0.15, -0.1) is 0 Å². The van der Waals surface area contributed by atoms with Gasteiger partial charge in [-0.2, -0.15) is 18.3 Å². The van der Waals surface area contributed by atoms with Gasteiger partial charge in [0.1, 0.15) is 5.56 Å². The number of alkyl halides is 3. The first-order valence-electron chi connectivity index (χ1n) is 11.3. The lowest BCUT2D eigenvalue weighted by molar-refractivity contribution is -0.138. The lowest BCUT2D eigenvalue weighted by Gasteiger charge is -2.26. The predicted octanol–water partition coefficient (Wildman–Crippen LogP) is 2.53. The molecule has 3 heterocycles. The molecule has 1 fully saturated rings. The first-order chi connectivity index (χ1) is 16.7. The van der Waals surface area contributed by atoms with Crippen LogP contribution in [0.25, 0.3) is 0 Å². The third-order valence-corrected chi connectivity index (χ3v) is 5.74. The highest BCUT2D eigenvalue weighted by molar-refractivity contribution is 5.77. The Labute approximate surface area is 198 Å². The van der Waals surface area contributed by atoms with E-state index in [1.54, 1.807) is 12.0 Å². The number of carbonyl (C=O) groups excluding carboxylic acids is 1. The summed E-state index contributed by atoms with van der Waals surface area (Å²) in [5, 5.41) is 7.70. The van der Waals surface area contributed by atoms with Crippen LogP contribution in [0.5, 0.6) is 0 Å². The highest BCUT2D eigenvalue weighted by atomic mass is 19.4. The normalized spacial score (nSPS) is 17.0. The summed E-state index contributed by atoms with van der Waals surface area (Å²) in [7, 11) is 0. The number of carbonyl (C=O) groups is 1. The smallest absolute Gasteiger partial charge is 0.378 e. The fourth-order valence-electron chi connectivity index (χ4n) is 3.76. The third kappa shape index (κ3) is 6.56. The highest BCUT2D eigenvalue weighted by Gasteiger charge is 2.37. The van der Waals surface area contributed by atoms with Crippen LogP contribution in [0.3, 0.4) is 0 Å². The molecule has 1 amide bonds. The molecule has 1 atom stereocenters. The summed E-state index contributed by atoms with van der Waals surface area (Å²) in [5.74, 6) is 0.910. The minimum Gasteiger partial charge on any atom is -0.378 e. The molecule has 1 aliphatic heterocycles. The molecule has 0 saturated heterocycles. The molecular weight excluding hydrogens is 467 g/mol. The summed E-state index contributed by atoms with van der Waals surface area (Å²) < 4.78 is 39.3. The standard InChI is InChI=1S/C22H26F3N7O3/c1-13(29-17-11-28-30-20(34)19(17)22(23,24)25)12-35-31-18(33)8-14-4-6-32(7-5-14)21-26-9-16(10-27-21)15-2-3-15/h4,9-11,13,15H,2-3,5-8,12H2,1H3,(H,31,33)(H2,29,30,34)/t13-/m0/s1. The fraction of sp³-hybridized carbons (Fsp3) is 0.500. The van der Waals surface area contributed by atoms with Crippen LogP contribution in [0.15, 0.2) is 35.0 Å². The van der Waals surface area contributed by atoms with Crippen LogP contribution in [-0.2, 0) is 15.8 Å². The molecule has 0 unspecified atom stereocenters. The van der Waals surface area contributed by atoms with Crippen molar-refractivity contribution in [2.75, 3.05) is 29.9 Å². The van der Waals surface area contributed by atoms with Crippen LogP contribution in [0.1, 0.15) is 49.7 Å². The average Bonchev–Trinajstić information content (AvgIpc) is 3.64. The van der Waals surface area contributed by atoms with E-state index in [2.05, 4.69) is 25.9 Å². The monoisotopic (exact) mass is 493 g/mol. The van der Waals surface area contributed by atoms with Crippen LogP contribution >= 0.6 is 0 Å². The lowest BCUT2D eigenvalue weighted by atomic mass is 10.0. The molecular formula is C22H26F3N7O3. The number of aromatic amines is 1. The molecule has 35 heavy (non-hydrogen) atoms. The summed E-state index contributed by atoms with van der Waals surface area (Å²) in [5.41, 5.74) is 1.26. The number of nitrogens with one attached hydrogen (secondary N) is 3. The second kappa shape index (κ2) is 10.4. The van der Waals surface area contributed by atoms with Crippen molar-refractivity contribution in [2.45, 2.75) is 50.7 Å². The van der Waals surface area contributed by atoms with E-state index < -0.39 is 29.0 Å². The van der Waals surface area contributed by atoms with E-state index in [1.165, 1.54) is 18.4 Å². The maximum absolute atomic E-state index is 13.1. The van der Waals surface area contributed by atoms with Crippen molar-refractivity contribution < 1.29 is 22.8 Å². The van der Waals surface area contributed by atoms with Crippen LogP contribution in [0, 0.1) is 0 Å². The van der Waals surface area contributed by atoms with Gasteiger partial charge in [0.05, 0.1) is 18.5 Å². The quantitative estimate of drug-likeness (QED) is 0.360. The Morgan fingerprint density at radius 2 is 2.03 bits per heavy atom. The van der Waals surface area contributed by atoms with E-state index >= 15 is 0 Å². The molecule has 10 nitrogen and oxygen atoms in total. The Morgan fingerprint density at radius 3 is 2.66 bits per heavy atom. The number of halogens is 3. The van der Waals surface area contributed by atoms with Crippen LogP contribution < -0.4 is 21.3 Å². The zero-order valence-corrected chi connectivity index (χ0v) is 19.1. The van der Waals surface area contributed by atoms with Crippen molar-refractivity contribution in [2.24, 2.45) is 0 Å². The van der Waals surface area contributed by atoms with E-state index in [-0.39, 0.29) is 18.9 Å². The maximum Gasteiger partial charge on any atom is 0.423 e. The Hall–Kier alpha value is -3.48. The van der Waals surface area contributed by atoms with Crippen molar-refractivity contribution in [1.29, 1.82) is 0 Å². The number of aromatic nitrogens is 4. The third-order valence-electron chi connectivity index (χ3n) is 5.74. The molecule has 1 saturated carbocycles. The Morgan fingerprint density at radius 1 is 1.29 bits per heavy atom. The summed E-state index contributed by atoms with van der Waals surface area (Å²) >= 11 is 0. The molecule has 13 heteroatoms. The molecule has 2 aromatic heterocycles. The molecule has 0 aromatic carbocycles. The van der Waals surface area contributed by atoms with Crippen molar-refractivity contribution in [1.82, 2.24) is 25.6 Å². The number of hydrogen-bond acceptors (Lipinski definition) is 8. The average molecular weight is 493 g/mol. The van der Waals surface area contributed by atoms with Gasteiger partial charge in [-0.05, 0) is 37.7 Å². The first-order valence-corrected chi connectivity index (χ1v) is 11.3. The van der Waals surface area contributed by atoms with Crippen LogP contribution in [0.2, 0.25) is 0 Å². The van der Waals surface area contributed by atoms with Crippen molar-refractivity contribution >= 4 is 17.5 Å². The van der Waals surface area contributed by atoms with Gasteiger partial charge in [-0.3, -0.25) is 14.4 Å². The number of rotatable bonds is 9. The molecule has 0 spiro atoms. The molecule has 0 bridgehead atoms. The second-order valence-electron chi connectivity index (χ2n) is 8.69. The number of H-pyrrole nitrogens is 1. The minimum atomic E-state index is -4.84. The van der Waals surface area contributed by atoms with Gasteiger partial charge >= 0.3 is 6.18 Å². The number of anilines is 2.